The second kappa shape index (κ2) is 9.89. The normalized spacial score (nSPS) is 10.4. The van der Waals surface area contributed by atoms with Gasteiger partial charge in [-0.3, -0.25) is 9.35 Å². The second-order valence-corrected chi connectivity index (χ2v) is 6.17. The zero-order valence-corrected chi connectivity index (χ0v) is 18.4. The van der Waals surface area contributed by atoms with Crippen LogP contribution in [-0.4, -0.2) is 24.8 Å². The van der Waals surface area contributed by atoms with Gasteiger partial charge in [-0.25, -0.2) is 0 Å². The molecule has 0 heterocycles. The van der Waals surface area contributed by atoms with E-state index in [1.54, 1.807) is 0 Å². The van der Waals surface area contributed by atoms with Crippen LogP contribution < -0.4 is 74.6 Å². The van der Waals surface area contributed by atoms with E-state index in [0.717, 1.165) is 12.1 Å². The Kier molecular flexibility index (Phi) is 9.63. The Bertz CT molecular complexity index is 899. The van der Waals surface area contributed by atoms with Gasteiger partial charge in [0.25, 0.3) is 10.1 Å². The zero-order valence-electron chi connectivity index (χ0n) is 13.6. The minimum absolute atomic E-state index is 0. The van der Waals surface area contributed by atoms with Gasteiger partial charge in [-0.2, -0.15) is 8.42 Å². The van der Waals surface area contributed by atoms with Gasteiger partial charge in [0.2, 0.25) is 5.91 Å². The number of carbonyl (C=O) groups is 2. The maximum absolute atomic E-state index is 11.8. The molecule has 0 saturated carbocycles. The van der Waals surface area contributed by atoms with Crippen LogP contribution in [0.4, 0.5) is 5.69 Å². The van der Waals surface area contributed by atoms with Gasteiger partial charge in [0, 0.05) is 18.1 Å². The number of benzene rings is 2. The first-order valence-electron chi connectivity index (χ1n) is 6.39. The van der Waals surface area contributed by atoms with Crippen molar-refractivity contribution in [3.8, 4) is 5.75 Å². The number of hydrogen-bond donors (Lipinski definition) is 2. The SMILES string of the molecule is O=C([O-])CCC(=O)Nc1ccc2c([O-])cc(S(=O)(=O)O)cc2c1.[Na+].[Na+]. The van der Waals surface area contributed by atoms with Crippen LogP contribution in [0, 0.1) is 0 Å². The predicted molar refractivity (Wildman–Crippen MR) is 76.1 cm³/mol. The van der Waals surface area contributed by atoms with Crippen LogP contribution in [0.15, 0.2) is 35.2 Å². The Labute approximate surface area is 187 Å². The summed E-state index contributed by atoms with van der Waals surface area (Å²) in [5, 5.41) is 25.0. The minimum atomic E-state index is -4.53. The van der Waals surface area contributed by atoms with Gasteiger partial charge in [0.1, 0.15) is 0 Å². The molecule has 0 fully saturated rings. The molecule has 0 aliphatic carbocycles. The topological polar surface area (TPSA) is 147 Å². The van der Waals surface area contributed by atoms with Gasteiger partial charge in [-0.05, 0) is 41.5 Å². The molecule has 25 heavy (non-hydrogen) atoms. The van der Waals surface area contributed by atoms with E-state index >= 15 is 0 Å². The van der Waals surface area contributed by atoms with E-state index in [1.165, 1.54) is 18.2 Å². The number of amides is 1. The third kappa shape index (κ3) is 6.87. The Morgan fingerprint density at radius 2 is 1.72 bits per heavy atom. The van der Waals surface area contributed by atoms with Crippen LogP contribution in [0.2, 0.25) is 0 Å². The first-order valence-corrected chi connectivity index (χ1v) is 7.83. The van der Waals surface area contributed by atoms with E-state index in [9.17, 15) is 28.2 Å². The summed E-state index contributed by atoms with van der Waals surface area (Å²) < 4.78 is 31.3. The number of fused-ring (bicyclic) bond motifs is 1. The molecule has 0 saturated heterocycles. The van der Waals surface area contributed by atoms with Crippen molar-refractivity contribution < 1.29 is 91.9 Å². The number of aliphatic carboxylic acids is 1. The second-order valence-electron chi connectivity index (χ2n) is 4.75. The summed E-state index contributed by atoms with van der Waals surface area (Å²) >= 11 is 0. The molecule has 8 nitrogen and oxygen atoms in total. The number of anilines is 1. The van der Waals surface area contributed by atoms with Crippen LogP contribution in [0.25, 0.3) is 10.8 Å². The number of nitrogens with one attached hydrogen (secondary N) is 1. The summed E-state index contributed by atoms with van der Waals surface area (Å²) in [6.45, 7) is 0. The summed E-state index contributed by atoms with van der Waals surface area (Å²) in [6, 6.07) is 6.06. The van der Waals surface area contributed by atoms with Gasteiger partial charge in [-0.1, -0.05) is 11.8 Å². The standard InChI is InChI=1S/C14H13NO7S.2Na/c16-12-7-10(23(20,21)22)6-8-5-9(1-2-11(8)12)15-13(17)3-4-14(18)19;;/h1-2,5-7,16H,3-4H2,(H,15,17)(H,18,19)(H,20,21,22);;/q;2*+1/p-2. The largest absolute Gasteiger partial charge is 1.00 e. The van der Waals surface area contributed by atoms with Gasteiger partial charge < -0.3 is 20.3 Å². The molecule has 2 N–H and O–H groups in total. The third-order valence-corrected chi connectivity index (χ3v) is 3.86. The van der Waals surface area contributed by atoms with Crippen molar-refractivity contribution in [3.05, 3.63) is 30.3 Å². The summed E-state index contributed by atoms with van der Waals surface area (Å²) in [6.07, 6.45) is -0.713. The maximum atomic E-state index is 11.8. The molecule has 0 spiro atoms. The van der Waals surface area contributed by atoms with E-state index in [1.807, 2.05) is 0 Å². The van der Waals surface area contributed by atoms with E-state index in [2.05, 4.69) is 5.32 Å². The molecule has 0 aliphatic heterocycles. The summed E-state index contributed by atoms with van der Waals surface area (Å²) in [4.78, 5) is 21.3. The van der Waals surface area contributed by atoms with Crippen molar-refractivity contribution in [2.24, 2.45) is 0 Å². The van der Waals surface area contributed by atoms with Crippen LogP contribution in [-0.2, 0) is 19.7 Å². The van der Waals surface area contributed by atoms with Crippen molar-refractivity contribution >= 4 is 38.5 Å². The first kappa shape index (κ1) is 24.4. The molecule has 0 radical (unpaired) electrons. The van der Waals surface area contributed by atoms with Crippen molar-refractivity contribution in [3.63, 3.8) is 0 Å². The van der Waals surface area contributed by atoms with Crippen molar-refractivity contribution in [2.75, 3.05) is 5.32 Å². The Hall–Kier alpha value is -0.650. The van der Waals surface area contributed by atoms with Crippen molar-refractivity contribution in [1.82, 2.24) is 0 Å². The van der Waals surface area contributed by atoms with E-state index < -0.39 is 39.1 Å². The van der Waals surface area contributed by atoms with Gasteiger partial charge in [0.15, 0.2) is 0 Å². The Balaban J connectivity index is 0.00000288. The molecule has 2 aromatic rings. The molecule has 11 heteroatoms. The molecular formula is C14H11NNa2O7S. The van der Waals surface area contributed by atoms with Crippen LogP contribution in [0.5, 0.6) is 5.75 Å². The molecule has 0 aliphatic rings. The van der Waals surface area contributed by atoms with Gasteiger partial charge >= 0.3 is 59.1 Å². The number of carboxylic acid groups (broad SMARTS) is 1. The zero-order chi connectivity index (χ0) is 17.2. The van der Waals surface area contributed by atoms with Gasteiger partial charge in [0.05, 0.1) is 4.90 Å². The van der Waals surface area contributed by atoms with Crippen molar-refractivity contribution in [1.29, 1.82) is 0 Å². The first-order chi connectivity index (χ1) is 10.7. The van der Waals surface area contributed by atoms with Crippen LogP contribution >= 0.6 is 0 Å². The monoisotopic (exact) mass is 383 g/mol. The molecule has 0 aromatic heterocycles. The average molecular weight is 383 g/mol. The van der Waals surface area contributed by atoms with Crippen LogP contribution in [0.3, 0.4) is 0 Å². The molecule has 2 aromatic carbocycles. The fourth-order valence-corrected chi connectivity index (χ4v) is 2.51. The number of carbonyl (C=O) groups excluding carboxylic acids is 2. The fraction of sp³-hybridized carbons (Fsp3) is 0.143. The van der Waals surface area contributed by atoms with E-state index in [4.69, 9.17) is 4.55 Å². The smallest absolute Gasteiger partial charge is 0.872 e. The summed E-state index contributed by atoms with van der Waals surface area (Å²) in [5.74, 6) is -2.51. The Morgan fingerprint density at radius 3 is 2.28 bits per heavy atom. The third-order valence-electron chi connectivity index (χ3n) is 3.03. The molecule has 0 bridgehead atoms. The fourth-order valence-electron chi connectivity index (χ4n) is 1.97. The maximum Gasteiger partial charge on any atom is 1.00 e. The number of hydrogen-bond acceptors (Lipinski definition) is 6. The molecule has 1 amide bonds. The summed E-state index contributed by atoms with van der Waals surface area (Å²) in [7, 11) is -4.53. The molecule has 2 rings (SSSR count). The van der Waals surface area contributed by atoms with Crippen molar-refractivity contribution in [2.45, 2.75) is 17.7 Å². The number of rotatable bonds is 5. The molecular weight excluding hydrogens is 372 g/mol. The van der Waals surface area contributed by atoms with Crippen LogP contribution in [0.1, 0.15) is 12.8 Å². The quantitative estimate of drug-likeness (QED) is 0.386. The van der Waals surface area contributed by atoms with E-state index in [0.29, 0.717) is 0 Å². The van der Waals surface area contributed by atoms with E-state index in [-0.39, 0.29) is 82.0 Å². The summed E-state index contributed by atoms with van der Waals surface area (Å²) in [5.41, 5.74) is 0.257. The molecule has 0 unspecified atom stereocenters. The average Bonchev–Trinajstić information content (AvgIpc) is 2.43. The van der Waals surface area contributed by atoms with Gasteiger partial charge in [-0.15, -0.1) is 0 Å². The predicted octanol–water partition coefficient (Wildman–Crippen LogP) is -6.36. The minimum Gasteiger partial charge on any atom is -0.872 e. The Morgan fingerprint density at radius 1 is 1.08 bits per heavy atom. The number of carboxylic acids is 1. The molecule has 0 atom stereocenters. The molecule has 122 valence electrons.